The summed E-state index contributed by atoms with van der Waals surface area (Å²) in [4.78, 5) is 27.7. The molecule has 2 aliphatic heterocycles. The van der Waals surface area contributed by atoms with E-state index < -0.39 is 6.03 Å². The number of carbonyl (C=O) groups excluding carboxylic acids is 2. The van der Waals surface area contributed by atoms with Crippen molar-refractivity contribution in [3.63, 3.8) is 0 Å². The van der Waals surface area contributed by atoms with E-state index in [1.807, 2.05) is 12.1 Å². The Bertz CT molecular complexity index is 910. The summed E-state index contributed by atoms with van der Waals surface area (Å²) in [7, 11) is 0. The Balaban J connectivity index is 1.22. The number of amides is 3. The van der Waals surface area contributed by atoms with E-state index in [9.17, 15) is 14.7 Å². The highest BCUT2D eigenvalue weighted by atomic mass is 16.6. The van der Waals surface area contributed by atoms with Crippen molar-refractivity contribution >= 4 is 23.3 Å². The molecule has 0 radical (unpaired) electrons. The Kier molecular flexibility index (Phi) is 5.89. The topological polar surface area (TPSA) is 105 Å². The number of imide groups is 1. The predicted molar refractivity (Wildman–Crippen MR) is 110 cm³/mol. The third-order valence-electron chi connectivity index (χ3n) is 5.15. The molecule has 4 rings (SSSR count). The number of nitrogens with zero attached hydrogens (tertiary/aromatic N) is 1. The van der Waals surface area contributed by atoms with Crippen molar-refractivity contribution in [1.82, 2.24) is 5.32 Å². The number of quaternary nitrogens is 1. The molecule has 2 aromatic rings. The van der Waals surface area contributed by atoms with E-state index in [-0.39, 0.29) is 18.2 Å². The van der Waals surface area contributed by atoms with Gasteiger partial charge < -0.3 is 29.7 Å². The van der Waals surface area contributed by atoms with Gasteiger partial charge in [0.25, 0.3) is 5.91 Å². The first kappa shape index (κ1) is 19.8. The van der Waals surface area contributed by atoms with Crippen LogP contribution in [0.1, 0.15) is 0 Å². The zero-order chi connectivity index (χ0) is 20.9. The van der Waals surface area contributed by atoms with Crippen molar-refractivity contribution < 1.29 is 29.1 Å². The van der Waals surface area contributed by atoms with Crippen LogP contribution in [0, 0.1) is 0 Å². The number of carbonyl (C=O) groups is 2. The number of ether oxygens (including phenoxy) is 2. The predicted octanol–water partition coefficient (Wildman–Crippen LogP) is 0.217. The lowest BCUT2D eigenvalue weighted by molar-refractivity contribution is -0.892. The number of nitrogens with one attached hydrogen (secondary N) is 3. The Morgan fingerprint density at radius 1 is 1.00 bits per heavy atom. The van der Waals surface area contributed by atoms with Crippen LogP contribution in [0.25, 0.3) is 0 Å². The van der Waals surface area contributed by atoms with Gasteiger partial charge in [-0.1, -0.05) is 0 Å². The number of phenolic OH excluding ortho intramolecular Hbond substituents is 1. The number of rotatable bonds is 4. The Morgan fingerprint density at radius 3 is 2.43 bits per heavy atom. The molecule has 9 heteroatoms. The molecule has 0 saturated carbocycles. The first-order valence-corrected chi connectivity index (χ1v) is 9.95. The van der Waals surface area contributed by atoms with Crippen LogP contribution < -0.4 is 29.9 Å². The molecule has 2 heterocycles. The average Bonchev–Trinajstić information content (AvgIpc) is 2.74. The number of hydrogen-bond donors (Lipinski definition) is 4. The van der Waals surface area contributed by atoms with Crippen LogP contribution in [-0.4, -0.2) is 63.0 Å². The summed E-state index contributed by atoms with van der Waals surface area (Å²) in [5.41, 5.74) is 1.58. The molecule has 0 atom stereocenters. The van der Waals surface area contributed by atoms with Gasteiger partial charge in [0.1, 0.15) is 19.0 Å². The fourth-order valence-corrected chi connectivity index (χ4v) is 3.60. The van der Waals surface area contributed by atoms with Crippen molar-refractivity contribution in [1.29, 1.82) is 0 Å². The SMILES string of the molecule is O=C(C[NH+]1CCN(c2ccc(O)cc2)CC1)NC(=O)Nc1ccc2c(c1)OCCO2. The minimum Gasteiger partial charge on any atom is -0.508 e. The average molecular weight is 413 g/mol. The summed E-state index contributed by atoms with van der Waals surface area (Å²) in [5.74, 6) is 1.13. The second-order valence-corrected chi connectivity index (χ2v) is 7.29. The van der Waals surface area contributed by atoms with Crippen molar-refractivity contribution in [2.45, 2.75) is 0 Å². The number of benzene rings is 2. The molecule has 0 spiro atoms. The highest BCUT2D eigenvalue weighted by molar-refractivity contribution is 6.01. The molecule has 158 valence electrons. The lowest BCUT2D eigenvalue weighted by Gasteiger charge is -2.33. The molecule has 0 aliphatic carbocycles. The molecular formula is C21H25N4O5+. The molecule has 0 bridgehead atoms. The summed E-state index contributed by atoms with van der Waals surface area (Å²) >= 11 is 0. The molecule has 2 aliphatic rings. The largest absolute Gasteiger partial charge is 0.508 e. The summed E-state index contributed by atoms with van der Waals surface area (Å²) in [5, 5.41) is 14.4. The lowest BCUT2D eigenvalue weighted by Crippen LogP contribution is -3.16. The minimum atomic E-state index is -0.571. The van der Waals surface area contributed by atoms with E-state index in [0.717, 1.165) is 36.8 Å². The number of urea groups is 1. The molecule has 1 saturated heterocycles. The monoisotopic (exact) mass is 413 g/mol. The Morgan fingerprint density at radius 2 is 1.70 bits per heavy atom. The number of hydrogen-bond acceptors (Lipinski definition) is 6. The number of aromatic hydroxyl groups is 1. The maximum Gasteiger partial charge on any atom is 0.326 e. The zero-order valence-corrected chi connectivity index (χ0v) is 16.5. The van der Waals surface area contributed by atoms with Crippen LogP contribution in [-0.2, 0) is 4.79 Å². The molecule has 3 amide bonds. The second kappa shape index (κ2) is 8.91. The Hall–Kier alpha value is -3.46. The maximum atomic E-state index is 12.3. The molecule has 1 fully saturated rings. The van der Waals surface area contributed by atoms with Gasteiger partial charge in [0.2, 0.25) is 0 Å². The number of piperazine rings is 1. The van der Waals surface area contributed by atoms with Crippen molar-refractivity contribution in [2.75, 3.05) is 56.2 Å². The maximum absolute atomic E-state index is 12.3. The zero-order valence-electron chi connectivity index (χ0n) is 16.5. The van der Waals surface area contributed by atoms with Gasteiger partial charge in [-0.05, 0) is 36.4 Å². The van der Waals surface area contributed by atoms with Crippen LogP contribution in [0.15, 0.2) is 42.5 Å². The molecular weight excluding hydrogens is 388 g/mol. The summed E-state index contributed by atoms with van der Waals surface area (Å²) in [6.07, 6.45) is 0. The van der Waals surface area contributed by atoms with Crippen molar-refractivity contribution in [3.05, 3.63) is 42.5 Å². The molecule has 4 N–H and O–H groups in total. The molecule has 30 heavy (non-hydrogen) atoms. The van der Waals surface area contributed by atoms with E-state index in [0.29, 0.717) is 30.4 Å². The van der Waals surface area contributed by atoms with Gasteiger partial charge in [0, 0.05) is 17.4 Å². The normalized spacial score (nSPS) is 16.1. The van der Waals surface area contributed by atoms with E-state index in [2.05, 4.69) is 15.5 Å². The van der Waals surface area contributed by atoms with E-state index in [1.54, 1.807) is 30.3 Å². The lowest BCUT2D eigenvalue weighted by atomic mass is 10.2. The van der Waals surface area contributed by atoms with Gasteiger partial charge in [-0.25, -0.2) is 4.79 Å². The van der Waals surface area contributed by atoms with E-state index in [1.165, 1.54) is 0 Å². The van der Waals surface area contributed by atoms with Crippen molar-refractivity contribution in [2.24, 2.45) is 0 Å². The fourth-order valence-electron chi connectivity index (χ4n) is 3.60. The molecule has 0 aromatic heterocycles. The van der Waals surface area contributed by atoms with Crippen LogP contribution in [0.3, 0.4) is 0 Å². The third-order valence-corrected chi connectivity index (χ3v) is 5.15. The smallest absolute Gasteiger partial charge is 0.326 e. The molecule has 9 nitrogen and oxygen atoms in total. The summed E-state index contributed by atoms with van der Waals surface area (Å²) < 4.78 is 10.9. The number of fused-ring (bicyclic) bond motifs is 1. The van der Waals surface area contributed by atoms with Crippen LogP contribution >= 0.6 is 0 Å². The van der Waals surface area contributed by atoms with Gasteiger partial charge in [0.05, 0.1) is 26.2 Å². The van der Waals surface area contributed by atoms with Crippen LogP contribution in [0.5, 0.6) is 17.2 Å². The van der Waals surface area contributed by atoms with Gasteiger partial charge in [-0.2, -0.15) is 0 Å². The van der Waals surface area contributed by atoms with Gasteiger partial charge in [-0.15, -0.1) is 0 Å². The van der Waals surface area contributed by atoms with Crippen LogP contribution in [0.4, 0.5) is 16.2 Å². The van der Waals surface area contributed by atoms with Gasteiger partial charge in [-0.3, -0.25) is 10.1 Å². The van der Waals surface area contributed by atoms with E-state index >= 15 is 0 Å². The summed E-state index contributed by atoms with van der Waals surface area (Å²) in [6.45, 7) is 4.38. The molecule has 2 aromatic carbocycles. The second-order valence-electron chi connectivity index (χ2n) is 7.29. The van der Waals surface area contributed by atoms with Gasteiger partial charge >= 0.3 is 6.03 Å². The highest BCUT2D eigenvalue weighted by Crippen LogP contribution is 2.32. The Labute approximate surface area is 174 Å². The fraction of sp³-hybridized carbons (Fsp3) is 0.333. The van der Waals surface area contributed by atoms with E-state index in [4.69, 9.17) is 9.47 Å². The number of anilines is 2. The quantitative estimate of drug-likeness (QED) is 0.572. The first-order chi connectivity index (χ1) is 14.6. The molecule has 0 unspecified atom stereocenters. The highest BCUT2D eigenvalue weighted by Gasteiger charge is 2.23. The van der Waals surface area contributed by atoms with Gasteiger partial charge in [0.15, 0.2) is 18.0 Å². The standard InChI is InChI=1S/C21H24N4O5/c26-17-4-2-16(3-5-17)25-9-7-24(8-10-25)14-20(27)23-21(28)22-15-1-6-18-19(13-15)30-12-11-29-18/h1-6,13,26H,7-12,14H2,(H2,22,23,27,28)/p+1. The number of phenols is 1. The first-order valence-electron chi connectivity index (χ1n) is 9.95. The summed E-state index contributed by atoms with van der Waals surface area (Å²) in [6, 6.07) is 11.6. The minimum absolute atomic E-state index is 0.234. The van der Waals surface area contributed by atoms with Crippen LogP contribution in [0.2, 0.25) is 0 Å². The third kappa shape index (κ3) is 4.93. The van der Waals surface area contributed by atoms with Crippen molar-refractivity contribution in [3.8, 4) is 17.2 Å².